The summed E-state index contributed by atoms with van der Waals surface area (Å²) in [5.74, 6) is 0.477. The summed E-state index contributed by atoms with van der Waals surface area (Å²) in [6.45, 7) is 0. The molecule has 6 nitrogen and oxygen atoms in total. The van der Waals surface area contributed by atoms with Crippen LogP contribution in [0.1, 0.15) is 11.1 Å². The molecule has 3 rings (SSSR count). The van der Waals surface area contributed by atoms with Crippen LogP contribution in [0.2, 0.25) is 0 Å². The van der Waals surface area contributed by atoms with E-state index >= 15 is 0 Å². The fourth-order valence-electron chi connectivity index (χ4n) is 2.35. The Hall–Kier alpha value is -3.41. The SMILES string of the molecule is COc1cc(C=CC2=NC(c3ccccc3)=NC2=O)cc(OC)c1O. The number of aromatic hydroxyl groups is 1. The third-order valence-corrected chi connectivity index (χ3v) is 3.62. The molecule has 1 aliphatic heterocycles. The molecule has 1 aliphatic rings. The molecule has 0 saturated heterocycles. The Morgan fingerprint density at radius 1 is 0.960 bits per heavy atom. The molecule has 1 N–H and O–H groups in total. The number of aliphatic imine (C=N–C) groups is 2. The van der Waals surface area contributed by atoms with Crippen molar-refractivity contribution in [2.75, 3.05) is 14.2 Å². The van der Waals surface area contributed by atoms with Gasteiger partial charge in [-0.3, -0.25) is 4.79 Å². The van der Waals surface area contributed by atoms with Gasteiger partial charge in [0.05, 0.1) is 14.2 Å². The molecule has 25 heavy (non-hydrogen) atoms. The number of carbonyl (C=O) groups excluding carboxylic acids is 1. The molecular formula is C19H16N2O4. The lowest BCUT2D eigenvalue weighted by molar-refractivity contribution is -0.111. The summed E-state index contributed by atoms with van der Waals surface area (Å²) in [7, 11) is 2.90. The van der Waals surface area contributed by atoms with Gasteiger partial charge in [-0.2, -0.15) is 4.99 Å². The first kappa shape index (κ1) is 16.4. The van der Waals surface area contributed by atoms with Crippen molar-refractivity contribution in [1.82, 2.24) is 0 Å². The third-order valence-electron chi connectivity index (χ3n) is 3.62. The molecule has 0 radical (unpaired) electrons. The largest absolute Gasteiger partial charge is 0.502 e. The van der Waals surface area contributed by atoms with E-state index in [1.807, 2.05) is 30.3 Å². The van der Waals surface area contributed by atoms with Gasteiger partial charge in [0, 0.05) is 5.56 Å². The van der Waals surface area contributed by atoms with E-state index < -0.39 is 5.91 Å². The van der Waals surface area contributed by atoms with Gasteiger partial charge in [-0.05, 0) is 23.8 Å². The van der Waals surface area contributed by atoms with Gasteiger partial charge in [0.2, 0.25) is 5.75 Å². The monoisotopic (exact) mass is 336 g/mol. The Morgan fingerprint density at radius 2 is 1.60 bits per heavy atom. The van der Waals surface area contributed by atoms with Crippen molar-refractivity contribution < 1.29 is 19.4 Å². The second kappa shape index (κ2) is 7.00. The Morgan fingerprint density at radius 3 is 2.20 bits per heavy atom. The van der Waals surface area contributed by atoms with Gasteiger partial charge < -0.3 is 14.6 Å². The average Bonchev–Trinajstić information content (AvgIpc) is 3.02. The highest BCUT2D eigenvalue weighted by molar-refractivity contribution is 6.50. The highest BCUT2D eigenvalue weighted by Gasteiger charge is 2.18. The number of nitrogens with zero attached hydrogens (tertiary/aromatic N) is 2. The zero-order valence-electron chi connectivity index (χ0n) is 13.8. The van der Waals surface area contributed by atoms with E-state index in [4.69, 9.17) is 9.47 Å². The number of amides is 1. The van der Waals surface area contributed by atoms with Crippen LogP contribution >= 0.6 is 0 Å². The third kappa shape index (κ3) is 3.42. The molecule has 6 heteroatoms. The first-order chi connectivity index (χ1) is 12.1. The molecule has 0 fully saturated rings. The maximum atomic E-state index is 12.0. The van der Waals surface area contributed by atoms with Gasteiger partial charge in [0.25, 0.3) is 5.91 Å². The molecule has 1 amide bonds. The Kier molecular flexibility index (Phi) is 4.61. The van der Waals surface area contributed by atoms with Crippen molar-refractivity contribution in [3.05, 3.63) is 59.7 Å². The number of phenols is 1. The Balaban J connectivity index is 1.87. The maximum absolute atomic E-state index is 12.0. The van der Waals surface area contributed by atoms with Crippen molar-refractivity contribution in [1.29, 1.82) is 0 Å². The zero-order valence-corrected chi connectivity index (χ0v) is 13.8. The van der Waals surface area contributed by atoms with Crippen LogP contribution in [-0.4, -0.2) is 36.8 Å². The molecule has 2 aromatic rings. The minimum atomic E-state index is -0.396. The summed E-state index contributed by atoms with van der Waals surface area (Å²) in [6.07, 6.45) is 3.26. The highest BCUT2D eigenvalue weighted by atomic mass is 16.5. The zero-order chi connectivity index (χ0) is 17.8. The number of methoxy groups -OCH3 is 2. The predicted octanol–water partition coefficient (Wildman–Crippen LogP) is 2.85. The van der Waals surface area contributed by atoms with Crippen molar-refractivity contribution >= 4 is 23.5 Å². The Labute approximate surface area is 144 Å². The van der Waals surface area contributed by atoms with Crippen LogP contribution in [0.25, 0.3) is 6.08 Å². The topological polar surface area (TPSA) is 80.5 Å². The lowest BCUT2D eigenvalue weighted by Crippen LogP contribution is -2.02. The van der Waals surface area contributed by atoms with Crippen LogP contribution in [-0.2, 0) is 4.79 Å². The van der Waals surface area contributed by atoms with Crippen molar-refractivity contribution in [2.45, 2.75) is 0 Å². The summed E-state index contributed by atoms with van der Waals surface area (Å²) in [5.41, 5.74) is 1.72. The molecule has 0 spiro atoms. The molecule has 0 bridgehead atoms. The number of rotatable bonds is 5. The number of benzene rings is 2. The number of phenolic OH excluding ortho intramolecular Hbond substituents is 1. The molecule has 2 aromatic carbocycles. The first-order valence-electron chi connectivity index (χ1n) is 7.52. The molecule has 1 heterocycles. The van der Waals surface area contributed by atoms with Gasteiger partial charge in [-0.15, -0.1) is 0 Å². The van der Waals surface area contributed by atoms with E-state index in [1.54, 1.807) is 24.3 Å². The van der Waals surface area contributed by atoms with Crippen LogP contribution in [0.15, 0.2) is 58.5 Å². The second-order valence-corrected chi connectivity index (χ2v) is 5.21. The summed E-state index contributed by atoms with van der Waals surface area (Å²) in [6, 6.07) is 12.6. The quantitative estimate of drug-likeness (QED) is 0.910. The van der Waals surface area contributed by atoms with Gasteiger partial charge in [0.1, 0.15) is 5.71 Å². The van der Waals surface area contributed by atoms with Crippen LogP contribution < -0.4 is 9.47 Å². The maximum Gasteiger partial charge on any atom is 0.297 e. The van der Waals surface area contributed by atoms with E-state index in [2.05, 4.69) is 9.98 Å². The summed E-state index contributed by atoms with van der Waals surface area (Å²) in [4.78, 5) is 20.3. The minimum Gasteiger partial charge on any atom is -0.502 e. The molecule has 126 valence electrons. The van der Waals surface area contributed by atoms with Crippen LogP contribution in [0.4, 0.5) is 0 Å². The van der Waals surface area contributed by atoms with E-state index in [-0.39, 0.29) is 23.0 Å². The smallest absolute Gasteiger partial charge is 0.297 e. The number of hydrogen-bond acceptors (Lipinski definition) is 5. The molecular weight excluding hydrogens is 320 g/mol. The van der Waals surface area contributed by atoms with Crippen molar-refractivity contribution in [2.24, 2.45) is 9.98 Å². The first-order valence-corrected chi connectivity index (χ1v) is 7.52. The average molecular weight is 336 g/mol. The van der Waals surface area contributed by atoms with Gasteiger partial charge in [-0.1, -0.05) is 36.4 Å². The van der Waals surface area contributed by atoms with Gasteiger partial charge >= 0.3 is 0 Å². The van der Waals surface area contributed by atoms with Gasteiger partial charge in [-0.25, -0.2) is 4.99 Å². The summed E-state index contributed by atoms with van der Waals surface area (Å²) in [5, 5.41) is 9.93. The fourth-order valence-corrected chi connectivity index (χ4v) is 2.35. The van der Waals surface area contributed by atoms with E-state index in [9.17, 15) is 9.90 Å². The summed E-state index contributed by atoms with van der Waals surface area (Å²) < 4.78 is 10.2. The molecule has 0 aromatic heterocycles. The van der Waals surface area contributed by atoms with Crippen LogP contribution in [0.3, 0.4) is 0 Å². The normalized spacial score (nSPS) is 13.8. The second-order valence-electron chi connectivity index (χ2n) is 5.21. The lowest BCUT2D eigenvalue weighted by atomic mass is 10.1. The molecule has 0 atom stereocenters. The van der Waals surface area contributed by atoms with E-state index in [1.165, 1.54) is 14.2 Å². The summed E-state index contributed by atoms with van der Waals surface area (Å²) >= 11 is 0. The van der Waals surface area contributed by atoms with Crippen molar-refractivity contribution in [3.8, 4) is 17.2 Å². The lowest BCUT2D eigenvalue weighted by Gasteiger charge is -2.09. The molecule has 0 aliphatic carbocycles. The van der Waals surface area contributed by atoms with Crippen molar-refractivity contribution in [3.63, 3.8) is 0 Å². The van der Waals surface area contributed by atoms with Crippen LogP contribution in [0.5, 0.6) is 17.2 Å². The molecule has 0 unspecified atom stereocenters. The molecule has 0 saturated carbocycles. The number of amidine groups is 1. The minimum absolute atomic E-state index is 0.0777. The van der Waals surface area contributed by atoms with Gasteiger partial charge in [0.15, 0.2) is 17.3 Å². The number of ether oxygens (including phenoxy) is 2. The standard InChI is InChI=1S/C19H16N2O4/c1-24-15-10-12(11-16(25-2)17(15)22)8-9-14-19(23)21-18(20-14)13-6-4-3-5-7-13/h3-11,22H,1-2H3. The fraction of sp³-hybridized carbons (Fsp3) is 0.105. The Bertz CT molecular complexity index is 874. The highest BCUT2D eigenvalue weighted by Crippen LogP contribution is 2.37. The number of carbonyl (C=O) groups is 1. The number of hydrogen-bond donors (Lipinski definition) is 1. The van der Waals surface area contributed by atoms with E-state index in [0.717, 1.165) is 5.56 Å². The van der Waals surface area contributed by atoms with E-state index in [0.29, 0.717) is 11.4 Å². The predicted molar refractivity (Wildman–Crippen MR) is 95.7 cm³/mol. The van der Waals surface area contributed by atoms with Crippen LogP contribution in [0, 0.1) is 0 Å².